The molecule has 0 aromatic carbocycles. The van der Waals surface area contributed by atoms with Gasteiger partial charge in [-0.3, -0.25) is 4.79 Å². The zero-order valence-corrected chi connectivity index (χ0v) is 9.95. The average Bonchev–Trinajstić information content (AvgIpc) is 2.75. The first kappa shape index (κ1) is 10.6. The van der Waals surface area contributed by atoms with E-state index in [-0.39, 0.29) is 5.12 Å². The molecule has 1 aliphatic rings. The van der Waals surface area contributed by atoms with Crippen LogP contribution in [0.4, 0.5) is 0 Å². The Hall–Kier alpha value is -0.940. The van der Waals surface area contributed by atoms with Crippen molar-refractivity contribution in [3.63, 3.8) is 0 Å². The number of carbonyl (C=O) groups excluding carboxylic acids is 1. The average molecular weight is 239 g/mol. The Balaban J connectivity index is 2.27. The van der Waals surface area contributed by atoms with E-state index < -0.39 is 0 Å². The van der Waals surface area contributed by atoms with Crippen molar-refractivity contribution in [1.29, 1.82) is 0 Å². The molecule has 15 heavy (non-hydrogen) atoms. The van der Waals surface area contributed by atoms with Crippen LogP contribution in [0.5, 0.6) is 0 Å². The van der Waals surface area contributed by atoms with Gasteiger partial charge in [0.1, 0.15) is 21.6 Å². The first-order chi connectivity index (χ1) is 7.19. The number of carbonyl (C=O) groups is 1. The number of rotatable bonds is 1. The normalized spacial score (nSPS) is 18.7. The zero-order chi connectivity index (χ0) is 10.8. The zero-order valence-electron chi connectivity index (χ0n) is 8.31. The number of hydrogen-bond donors (Lipinski definition) is 0. The first-order valence-corrected chi connectivity index (χ1v) is 6.36. The van der Waals surface area contributed by atoms with E-state index in [2.05, 4.69) is 4.99 Å². The Kier molecular flexibility index (Phi) is 3.02. The van der Waals surface area contributed by atoms with Crippen molar-refractivity contribution in [2.45, 2.75) is 6.92 Å². The Morgan fingerprint density at radius 3 is 2.87 bits per heavy atom. The lowest BCUT2D eigenvalue weighted by atomic mass is 10.3. The topological polar surface area (TPSA) is 42.6 Å². The highest BCUT2D eigenvalue weighted by atomic mass is 32.2. The summed E-state index contributed by atoms with van der Waals surface area (Å²) >= 11 is 2.64. The summed E-state index contributed by atoms with van der Waals surface area (Å²) in [5, 5.41) is -0.0200. The molecular formula is C10H9NO2S2. The van der Waals surface area contributed by atoms with Crippen LogP contribution in [0, 0.1) is 6.92 Å². The van der Waals surface area contributed by atoms with Crippen LogP contribution < -0.4 is 0 Å². The van der Waals surface area contributed by atoms with E-state index in [1.807, 2.05) is 25.3 Å². The fourth-order valence-corrected chi connectivity index (χ4v) is 2.40. The third-order valence-corrected chi connectivity index (χ3v) is 3.67. The summed E-state index contributed by atoms with van der Waals surface area (Å²) in [5.41, 5.74) is 0.457. The second kappa shape index (κ2) is 4.28. The predicted octanol–water partition coefficient (Wildman–Crippen LogP) is 2.92. The monoisotopic (exact) mass is 239 g/mol. The number of hydrogen-bond acceptors (Lipinski definition) is 5. The molecule has 2 heterocycles. The lowest BCUT2D eigenvalue weighted by Crippen LogP contribution is -1.86. The number of aryl methyl sites for hydroxylation is 1. The second-order valence-corrected chi connectivity index (χ2v) is 4.96. The van der Waals surface area contributed by atoms with Gasteiger partial charge in [0, 0.05) is 6.08 Å². The van der Waals surface area contributed by atoms with Gasteiger partial charge in [-0.2, -0.15) is 0 Å². The molecule has 0 atom stereocenters. The fraction of sp³-hybridized carbons (Fsp3) is 0.200. The summed E-state index contributed by atoms with van der Waals surface area (Å²) in [5.74, 6) is 1.50. The third kappa shape index (κ3) is 2.35. The van der Waals surface area contributed by atoms with Crippen molar-refractivity contribution in [3.8, 4) is 0 Å². The molecule has 0 amide bonds. The summed E-state index contributed by atoms with van der Waals surface area (Å²) in [6, 6.07) is 3.69. The number of nitrogens with zero attached hydrogens (tertiary/aromatic N) is 1. The van der Waals surface area contributed by atoms with E-state index in [0.717, 1.165) is 21.9 Å². The molecule has 1 aromatic rings. The van der Waals surface area contributed by atoms with Crippen LogP contribution in [0.2, 0.25) is 0 Å². The second-order valence-electron chi connectivity index (χ2n) is 2.95. The van der Waals surface area contributed by atoms with E-state index in [9.17, 15) is 4.79 Å². The molecule has 0 spiro atoms. The highest BCUT2D eigenvalue weighted by Gasteiger charge is 2.21. The van der Waals surface area contributed by atoms with Crippen LogP contribution in [-0.2, 0) is 4.79 Å². The van der Waals surface area contributed by atoms with Crippen LogP contribution in [0.15, 0.2) is 27.2 Å². The molecule has 78 valence electrons. The van der Waals surface area contributed by atoms with Gasteiger partial charge in [0.25, 0.3) is 0 Å². The highest BCUT2D eigenvalue weighted by Crippen LogP contribution is 2.29. The standard InChI is InChI=1S/C10H9NO2S2/c1-6-3-4-7(13-6)5-8-9(12)15-10(11-8)14-2/h3-5H,1-2H3/b8-5+. The van der Waals surface area contributed by atoms with Gasteiger partial charge >= 0.3 is 0 Å². The van der Waals surface area contributed by atoms with Crippen molar-refractivity contribution in [2.75, 3.05) is 6.26 Å². The number of thioether (sulfide) groups is 2. The largest absolute Gasteiger partial charge is 0.462 e. The van der Waals surface area contributed by atoms with E-state index in [4.69, 9.17) is 4.42 Å². The molecule has 5 heteroatoms. The Labute approximate surface area is 96.0 Å². The number of furan rings is 1. The molecular weight excluding hydrogens is 230 g/mol. The molecule has 0 radical (unpaired) electrons. The predicted molar refractivity (Wildman–Crippen MR) is 65.0 cm³/mol. The molecule has 1 aromatic heterocycles. The molecule has 0 saturated heterocycles. The molecule has 0 saturated carbocycles. The number of aliphatic imine (C=N–C) groups is 1. The Morgan fingerprint density at radius 2 is 2.33 bits per heavy atom. The van der Waals surface area contributed by atoms with Gasteiger partial charge < -0.3 is 4.42 Å². The molecule has 2 rings (SSSR count). The van der Waals surface area contributed by atoms with Gasteiger partial charge in [-0.15, -0.1) is 11.8 Å². The Morgan fingerprint density at radius 1 is 1.53 bits per heavy atom. The smallest absolute Gasteiger partial charge is 0.244 e. The summed E-state index contributed by atoms with van der Waals surface area (Å²) in [6.45, 7) is 1.86. The van der Waals surface area contributed by atoms with Crippen LogP contribution in [0.25, 0.3) is 6.08 Å². The quantitative estimate of drug-likeness (QED) is 0.707. The molecule has 0 aliphatic carbocycles. The van der Waals surface area contributed by atoms with Crippen molar-refractivity contribution in [3.05, 3.63) is 29.4 Å². The van der Waals surface area contributed by atoms with Crippen molar-refractivity contribution >= 4 is 39.1 Å². The minimum atomic E-state index is -0.0200. The van der Waals surface area contributed by atoms with Crippen LogP contribution in [-0.4, -0.2) is 15.7 Å². The van der Waals surface area contributed by atoms with Crippen molar-refractivity contribution in [2.24, 2.45) is 4.99 Å². The summed E-state index contributed by atoms with van der Waals surface area (Å²) < 4.78 is 6.14. The molecule has 0 fully saturated rings. The summed E-state index contributed by atoms with van der Waals surface area (Å²) in [4.78, 5) is 15.7. The molecule has 3 nitrogen and oxygen atoms in total. The van der Waals surface area contributed by atoms with E-state index in [1.54, 1.807) is 6.08 Å². The molecule has 0 N–H and O–H groups in total. The van der Waals surface area contributed by atoms with Gasteiger partial charge in [0.05, 0.1) is 0 Å². The van der Waals surface area contributed by atoms with Gasteiger partial charge in [0.15, 0.2) is 0 Å². The molecule has 0 bridgehead atoms. The van der Waals surface area contributed by atoms with Gasteiger partial charge in [-0.05, 0) is 37.1 Å². The summed E-state index contributed by atoms with van der Waals surface area (Å²) in [6.07, 6.45) is 3.57. The summed E-state index contributed by atoms with van der Waals surface area (Å²) in [7, 11) is 0. The van der Waals surface area contributed by atoms with Gasteiger partial charge in [-0.1, -0.05) is 0 Å². The van der Waals surface area contributed by atoms with Crippen molar-refractivity contribution in [1.82, 2.24) is 0 Å². The van der Waals surface area contributed by atoms with Gasteiger partial charge in [-0.25, -0.2) is 4.99 Å². The minimum Gasteiger partial charge on any atom is -0.462 e. The Bertz CT molecular complexity index is 460. The lowest BCUT2D eigenvalue weighted by molar-refractivity contribution is -0.107. The van der Waals surface area contributed by atoms with Crippen LogP contribution in [0.3, 0.4) is 0 Å². The minimum absolute atomic E-state index is 0.0200. The maximum atomic E-state index is 11.5. The van der Waals surface area contributed by atoms with E-state index >= 15 is 0 Å². The molecule has 1 aliphatic heterocycles. The van der Waals surface area contributed by atoms with E-state index in [0.29, 0.717) is 11.5 Å². The highest BCUT2D eigenvalue weighted by molar-refractivity contribution is 8.45. The lowest BCUT2D eigenvalue weighted by Gasteiger charge is -1.87. The first-order valence-electron chi connectivity index (χ1n) is 4.32. The maximum Gasteiger partial charge on any atom is 0.244 e. The van der Waals surface area contributed by atoms with Crippen LogP contribution >= 0.6 is 23.5 Å². The van der Waals surface area contributed by atoms with Crippen molar-refractivity contribution < 1.29 is 9.21 Å². The maximum absolute atomic E-state index is 11.5. The van der Waals surface area contributed by atoms with E-state index in [1.165, 1.54) is 11.8 Å². The SMILES string of the molecule is CSC1=N/C(=C/c2ccc(C)o2)C(=O)S1. The van der Waals surface area contributed by atoms with Crippen LogP contribution in [0.1, 0.15) is 11.5 Å². The third-order valence-electron chi connectivity index (χ3n) is 1.82. The van der Waals surface area contributed by atoms with Gasteiger partial charge in [0.2, 0.25) is 5.12 Å². The molecule has 0 unspecified atom stereocenters. The fourth-order valence-electron chi connectivity index (χ4n) is 1.14.